The van der Waals surface area contributed by atoms with Crippen LogP contribution in [0.2, 0.25) is 0 Å². The maximum Gasteiger partial charge on any atom is 0.0491 e. The minimum Gasteiger partial charge on any atom is -0.299 e. The number of hydrogen-bond donors (Lipinski definition) is 0. The molecule has 1 aliphatic rings. The molecule has 1 aliphatic heterocycles. The minimum atomic E-state index is 0.397. The monoisotopic (exact) mass is 175 g/mol. The molecule has 11 heavy (non-hydrogen) atoms. The van der Waals surface area contributed by atoms with E-state index in [1.807, 2.05) is 0 Å². The molecule has 1 nitrogen and oxygen atoms in total. The van der Waals surface area contributed by atoms with Crippen molar-refractivity contribution in [3.63, 3.8) is 0 Å². The van der Waals surface area contributed by atoms with Crippen LogP contribution in [0.25, 0.3) is 0 Å². The number of nitrogens with zero attached hydrogens (tertiary/aromatic N) is 1. The second-order valence-electron chi connectivity index (χ2n) is 3.26. The Labute approximate surface area is 74.7 Å². The molecule has 2 unspecified atom stereocenters. The second-order valence-corrected chi connectivity index (χ2v) is 3.82. The molecule has 0 aliphatic carbocycles. The van der Waals surface area contributed by atoms with Crippen LogP contribution in [0.3, 0.4) is 0 Å². The van der Waals surface area contributed by atoms with Gasteiger partial charge in [0.1, 0.15) is 0 Å². The maximum absolute atomic E-state index is 6.21. The fraction of sp³-hybridized carbons (Fsp3) is 1.00. The summed E-state index contributed by atoms with van der Waals surface area (Å²) < 4.78 is 0. The SMILES string of the molecule is CCC1C(Cl)CCCN1CC. The molecule has 0 spiro atoms. The Kier molecular flexibility index (Phi) is 3.67. The summed E-state index contributed by atoms with van der Waals surface area (Å²) in [5.41, 5.74) is 0. The van der Waals surface area contributed by atoms with E-state index in [4.69, 9.17) is 11.6 Å². The normalized spacial score (nSPS) is 34.1. The van der Waals surface area contributed by atoms with Crippen LogP contribution in [0.4, 0.5) is 0 Å². The number of piperidine rings is 1. The van der Waals surface area contributed by atoms with Gasteiger partial charge in [0, 0.05) is 11.4 Å². The zero-order valence-electron chi connectivity index (χ0n) is 7.52. The van der Waals surface area contributed by atoms with Gasteiger partial charge in [-0.25, -0.2) is 0 Å². The van der Waals surface area contributed by atoms with E-state index in [0.29, 0.717) is 11.4 Å². The molecule has 0 aromatic heterocycles. The lowest BCUT2D eigenvalue weighted by Gasteiger charge is -2.37. The number of likely N-dealkylation sites (tertiary alicyclic amines) is 1. The fourth-order valence-corrected chi connectivity index (χ4v) is 2.47. The molecule has 0 radical (unpaired) electrons. The van der Waals surface area contributed by atoms with Gasteiger partial charge in [0.05, 0.1) is 0 Å². The van der Waals surface area contributed by atoms with E-state index in [0.717, 1.165) is 6.54 Å². The summed E-state index contributed by atoms with van der Waals surface area (Å²) in [4.78, 5) is 2.50. The average molecular weight is 176 g/mol. The highest BCUT2D eigenvalue weighted by atomic mass is 35.5. The molecule has 0 aromatic rings. The van der Waals surface area contributed by atoms with E-state index in [2.05, 4.69) is 18.7 Å². The van der Waals surface area contributed by atoms with Crippen molar-refractivity contribution in [1.29, 1.82) is 0 Å². The Morgan fingerprint density at radius 2 is 2.18 bits per heavy atom. The maximum atomic E-state index is 6.21. The number of rotatable bonds is 2. The van der Waals surface area contributed by atoms with Crippen molar-refractivity contribution in [2.75, 3.05) is 13.1 Å². The predicted octanol–water partition coefficient (Wildman–Crippen LogP) is 2.49. The van der Waals surface area contributed by atoms with Gasteiger partial charge in [0.25, 0.3) is 0 Å². The zero-order chi connectivity index (χ0) is 8.27. The van der Waals surface area contributed by atoms with Crippen molar-refractivity contribution in [3.05, 3.63) is 0 Å². The van der Waals surface area contributed by atoms with Crippen LogP contribution in [-0.4, -0.2) is 29.4 Å². The highest BCUT2D eigenvalue weighted by Gasteiger charge is 2.26. The van der Waals surface area contributed by atoms with Crippen LogP contribution < -0.4 is 0 Å². The van der Waals surface area contributed by atoms with E-state index >= 15 is 0 Å². The lowest BCUT2D eigenvalue weighted by Crippen LogP contribution is -2.45. The number of alkyl halides is 1. The third kappa shape index (κ3) is 2.09. The van der Waals surface area contributed by atoms with Crippen LogP contribution in [0.5, 0.6) is 0 Å². The molecule has 1 rings (SSSR count). The van der Waals surface area contributed by atoms with E-state index < -0.39 is 0 Å². The molecule has 2 heteroatoms. The Balaban J connectivity index is 2.48. The van der Waals surface area contributed by atoms with Crippen LogP contribution in [0, 0.1) is 0 Å². The average Bonchev–Trinajstić information content (AvgIpc) is 2.04. The lowest BCUT2D eigenvalue weighted by atomic mass is 10.00. The van der Waals surface area contributed by atoms with Crippen LogP contribution in [0.15, 0.2) is 0 Å². The van der Waals surface area contributed by atoms with Crippen molar-refractivity contribution in [1.82, 2.24) is 4.90 Å². The third-order valence-electron chi connectivity index (χ3n) is 2.64. The molecule has 66 valence electrons. The van der Waals surface area contributed by atoms with Gasteiger partial charge in [-0.1, -0.05) is 13.8 Å². The third-order valence-corrected chi connectivity index (χ3v) is 3.15. The quantitative estimate of drug-likeness (QED) is 0.583. The first kappa shape index (κ1) is 9.34. The summed E-state index contributed by atoms with van der Waals surface area (Å²) in [5, 5.41) is 0.397. The van der Waals surface area contributed by atoms with Gasteiger partial charge >= 0.3 is 0 Å². The number of hydrogen-bond acceptors (Lipinski definition) is 1. The van der Waals surface area contributed by atoms with E-state index in [1.165, 1.54) is 25.8 Å². The van der Waals surface area contributed by atoms with E-state index in [1.54, 1.807) is 0 Å². The highest BCUT2D eigenvalue weighted by Crippen LogP contribution is 2.23. The topological polar surface area (TPSA) is 3.24 Å². The molecule has 0 amide bonds. The first-order valence-electron chi connectivity index (χ1n) is 4.67. The van der Waals surface area contributed by atoms with Gasteiger partial charge in [0.15, 0.2) is 0 Å². The fourth-order valence-electron chi connectivity index (χ4n) is 1.98. The van der Waals surface area contributed by atoms with Crippen molar-refractivity contribution < 1.29 is 0 Å². The molecule has 0 bridgehead atoms. The summed E-state index contributed by atoms with van der Waals surface area (Å²) in [6.07, 6.45) is 3.68. The van der Waals surface area contributed by atoms with Crippen LogP contribution in [-0.2, 0) is 0 Å². The Morgan fingerprint density at radius 3 is 2.64 bits per heavy atom. The van der Waals surface area contributed by atoms with Crippen molar-refractivity contribution in [2.24, 2.45) is 0 Å². The van der Waals surface area contributed by atoms with E-state index in [-0.39, 0.29) is 0 Å². The van der Waals surface area contributed by atoms with Gasteiger partial charge < -0.3 is 0 Å². The Bertz CT molecular complexity index is 116. The zero-order valence-corrected chi connectivity index (χ0v) is 8.27. The molecule has 2 atom stereocenters. The Morgan fingerprint density at radius 1 is 1.45 bits per heavy atom. The molecular weight excluding hydrogens is 158 g/mol. The summed E-state index contributed by atoms with van der Waals surface area (Å²) in [6.45, 7) is 6.85. The largest absolute Gasteiger partial charge is 0.299 e. The Hall–Kier alpha value is 0.250. The summed E-state index contributed by atoms with van der Waals surface area (Å²) >= 11 is 6.21. The summed E-state index contributed by atoms with van der Waals surface area (Å²) in [5.74, 6) is 0. The minimum absolute atomic E-state index is 0.397. The van der Waals surface area contributed by atoms with Gasteiger partial charge in [-0.2, -0.15) is 0 Å². The second kappa shape index (κ2) is 4.32. The molecule has 1 heterocycles. The standard InChI is InChI=1S/C9H18ClN/c1-3-9-8(10)6-5-7-11(9)4-2/h8-9H,3-7H2,1-2H3. The smallest absolute Gasteiger partial charge is 0.0491 e. The summed E-state index contributed by atoms with van der Waals surface area (Å²) in [7, 11) is 0. The molecule has 0 saturated carbocycles. The summed E-state index contributed by atoms with van der Waals surface area (Å²) in [6, 6.07) is 0.635. The first-order chi connectivity index (χ1) is 5.29. The molecule has 0 aromatic carbocycles. The van der Waals surface area contributed by atoms with Crippen LogP contribution >= 0.6 is 11.6 Å². The predicted molar refractivity (Wildman–Crippen MR) is 50.2 cm³/mol. The van der Waals surface area contributed by atoms with Crippen LogP contribution in [0.1, 0.15) is 33.1 Å². The molecule has 1 fully saturated rings. The van der Waals surface area contributed by atoms with Crippen molar-refractivity contribution >= 4 is 11.6 Å². The molecular formula is C9H18ClN. The van der Waals surface area contributed by atoms with Gasteiger partial charge in [-0.3, -0.25) is 4.90 Å². The van der Waals surface area contributed by atoms with E-state index in [9.17, 15) is 0 Å². The first-order valence-corrected chi connectivity index (χ1v) is 5.11. The molecule has 0 N–H and O–H groups in total. The highest BCUT2D eigenvalue weighted by molar-refractivity contribution is 6.21. The van der Waals surface area contributed by atoms with Gasteiger partial charge in [0.2, 0.25) is 0 Å². The molecule has 1 saturated heterocycles. The lowest BCUT2D eigenvalue weighted by molar-refractivity contribution is 0.156. The van der Waals surface area contributed by atoms with Gasteiger partial charge in [-0.15, -0.1) is 11.6 Å². The van der Waals surface area contributed by atoms with Crippen molar-refractivity contribution in [3.8, 4) is 0 Å². The van der Waals surface area contributed by atoms with Crippen molar-refractivity contribution in [2.45, 2.75) is 44.5 Å². The van der Waals surface area contributed by atoms with Gasteiger partial charge in [-0.05, 0) is 32.4 Å². The number of halogens is 1.